The fraction of sp³-hybridized carbons (Fsp3) is 0.462. The maximum atomic E-state index is 12.4. The van der Waals surface area contributed by atoms with Gasteiger partial charge in [0.05, 0.1) is 16.9 Å². The number of Topliss-reactive ketones (excluding diaryl/α,β-unsaturated/α-hetero) is 1. The van der Waals surface area contributed by atoms with Gasteiger partial charge in [-0.25, -0.2) is 0 Å². The lowest BCUT2D eigenvalue weighted by atomic mass is 9.62. The van der Waals surface area contributed by atoms with Crippen molar-refractivity contribution in [1.82, 2.24) is 0 Å². The second kappa shape index (κ2) is 8.49. The van der Waals surface area contributed by atoms with Crippen molar-refractivity contribution in [2.45, 2.75) is 52.1 Å². The molecule has 6 nitrogen and oxygen atoms in total. The zero-order valence-corrected chi connectivity index (χ0v) is 18.6. The summed E-state index contributed by atoms with van der Waals surface area (Å²) >= 11 is 0. The van der Waals surface area contributed by atoms with Gasteiger partial charge < -0.3 is 19.3 Å². The number of carbonyl (C=O) groups is 2. The number of carboxylic acid groups (broad SMARTS) is 1. The summed E-state index contributed by atoms with van der Waals surface area (Å²) in [6.45, 7) is 3.87. The van der Waals surface area contributed by atoms with E-state index >= 15 is 0 Å². The van der Waals surface area contributed by atoms with Crippen LogP contribution in [0.1, 0.15) is 58.2 Å². The number of ketones is 1. The first kappa shape index (κ1) is 19.6. The number of aliphatic carboxylic acids is 1. The highest BCUT2D eigenvalue weighted by atomic mass is 16.5. The Kier molecular flexibility index (Phi) is 5.21. The van der Waals surface area contributed by atoms with Crippen LogP contribution >= 0.6 is 0 Å². The molecule has 0 amide bonds. The lowest BCUT2D eigenvalue weighted by Gasteiger charge is -2.45. The molecule has 0 aromatic heterocycles. The lowest BCUT2D eigenvalue weighted by molar-refractivity contribution is -0.166. The number of hydrogen-bond donors (Lipinski definition) is 1. The van der Waals surface area contributed by atoms with Crippen molar-refractivity contribution in [2.75, 3.05) is 14.2 Å². The number of benzene rings is 2. The Balaban J connectivity index is 1.91. The van der Waals surface area contributed by atoms with E-state index in [2.05, 4.69) is 0 Å². The molecular weight excluding hydrogens is 408 g/mol. The Bertz CT molecular complexity index is 1110. The molecule has 0 spiro atoms. The molecule has 4 rings (SSSR count). The van der Waals surface area contributed by atoms with Crippen molar-refractivity contribution < 1.29 is 31.6 Å². The predicted molar refractivity (Wildman–Crippen MR) is 121 cm³/mol. The van der Waals surface area contributed by atoms with Gasteiger partial charge in [-0.15, -0.1) is 0 Å². The number of carboxylic acids is 1. The van der Waals surface area contributed by atoms with Crippen molar-refractivity contribution in [3.05, 3.63) is 41.5 Å². The van der Waals surface area contributed by atoms with E-state index in [4.69, 9.17) is 17.0 Å². The van der Waals surface area contributed by atoms with Gasteiger partial charge in [0.15, 0.2) is 17.3 Å². The van der Waals surface area contributed by atoms with Gasteiger partial charge in [0.2, 0.25) is 5.75 Å². The maximum Gasteiger partial charge on any atom is 0.313 e. The molecule has 0 heterocycles. The molecule has 2 aromatic carbocycles. The largest absolute Gasteiger partial charge is 0.493 e. The number of methoxy groups -OCH3 is 2. The molecule has 2 aromatic rings. The third-order valence-electron chi connectivity index (χ3n) is 6.84. The highest BCUT2D eigenvalue weighted by Gasteiger charge is 2.53. The molecular formula is C26H30O6. The van der Waals surface area contributed by atoms with Crippen molar-refractivity contribution in [1.29, 1.82) is 0 Å². The fourth-order valence-electron chi connectivity index (χ4n) is 5.09. The minimum atomic E-state index is -1.58. The van der Waals surface area contributed by atoms with E-state index < -0.39 is 24.6 Å². The Labute approximate surface area is 191 Å². The van der Waals surface area contributed by atoms with Gasteiger partial charge in [0.1, 0.15) is 11.5 Å². The first-order valence-corrected chi connectivity index (χ1v) is 11.0. The third kappa shape index (κ3) is 3.42. The lowest BCUT2D eigenvalue weighted by Crippen LogP contribution is -2.52. The molecule has 1 saturated carbocycles. The zero-order chi connectivity index (χ0) is 24.6. The van der Waals surface area contributed by atoms with Gasteiger partial charge in [-0.3, -0.25) is 9.59 Å². The first-order valence-electron chi connectivity index (χ1n) is 12.1. The van der Waals surface area contributed by atoms with E-state index in [1.165, 1.54) is 7.11 Å². The van der Waals surface area contributed by atoms with Gasteiger partial charge in [-0.05, 0) is 48.4 Å². The van der Waals surface area contributed by atoms with E-state index in [-0.39, 0.29) is 23.2 Å². The van der Waals surface area contributed by atoms with E-state index in [9.17, 15) is 14.7 Å². The number of hydrogen-bond acceptors (Lipinski definition) is 5. The molecule has 1 unspecified atom stereocenters. The smallest absolute Gasteiger partial charge is 0.313 e. The molecule has 6 heteroatoms. The van der Waals surface area contributed by atoms with Crippen LogP contribution in [-0.4, -0.2) is 37.1 Å². The van der Waals surface area contributed by atoms with Crippen molar-refractivity contribution in [3.63, 3.8) is 0 Å². The normalized spacial score (nSPS) is 18.5. The SMILES string of the molecule is [2H]C([2H])Oc1ccc(-c2cccc3c2CCC3=O)c(OC(C(C)C)C2(C(=O)O)CCC2)c1OC. The van der Waals surface area contributed by atoms with Crippen LogP contribution in [0.25, 0.3) is 11.1 Å². The summed E-state index contributed by atoms with van der Waals surface area (Å²) in [5.41, 5.74) is 2.07. The first-order chi connectivity index (χ1) is 16.2. The van der Waals surface area contributed by atoms with E-state index in [0.717, 1.165) is 17.5 Å². The molecule has 2 aliphatic carbocycles. The summed E-state index contributed by atoms with van der Waals surface area (Å²) in [5, 5.41) is 10.1. The summed E-state index contributed by atoms with van der Waals surface area (Å²) < 4.78 is 32.6. The number of carbonyl (C=O) groups excluding carboxylic acids is 1. The minimum Gasteiger partial charge on any atom is -0.493 e. The molecule has 1 N–H and O–H groups in total. The van der Waals surface area contributed by atoms with Gasteiger partial charge in [-0.1, -0.05) is 38.5 Å². The minimum absolute atomic E-state index is 0.0943. The Morgan fingerprint density at radius 3 is 2.41 bits per heavy atom. The molecule has 170 valence electrons. The second-order valence-electron chi connectivity index (χ2n) is 8.94. The highest BCUT2D eigenvalue weighted by Crippen LogP contribution is 2.52. The summed E-state index contributed by atoms with van der Waals surface area (Å²) in [5.74, 6) is -0.220. The third-order valence-corrected chi connectivity index (χ3v) is 6.84. The molecule has 0 saturated heterocycles. The van der Waals surface area contributed by atoms with Crippen LogP contribution in [0.15, 0.2) is 30.3 Å². The van der Waals surface area contributed by atoms with Gasteiger partial charge >= 0.3 is 5.97 Å². The van der Waals surface area contributed by atoms with Gasteiger partial charge in [-0.2, -0.15) is 0 Å². The molecule has 2 aliphatic rings. The topological polar surface area (TPSA) is 82.1 Å². The van der Waals surface area contributed by atoms with Crippen molar-refractivity contribution in [3.8, 4) is 28.4 Å². The zero-order valence-electron chi connectivity index (χ0n) is 20.6. The quantitative estimate of drug-likeness (QED) is 0.611. The Morgan fingerprint density at radius 1 is 1.06 bits per heavy atom. The monoisotopic (exact) mass is 440 g/mol. The van der Waals surface area contributed by atoms with Crippen LogP contribution in [0, 0.1) is 11.3 Å². The highest BCUT2D eigenvalue weighted by molar-refractivity contribution is 6.02. The van der Waals surface area contributed by atoms with Crippen molar-refractivity contribution in [2.24, 2.45) is 11.3 Å². The molecule has 1 atom stereocenters. The van der Waals surface area contributed by atoms with E-state index in [1.807, 2.05) is 32.0 Å². The Morgan fingerprint density at radius 2 is 1.81 bits per heavy atom. The van der Waals surface area contributed by atoms with Crippen LogP contribution in [0.4, 0.5) is 0 Å². The van der Waals surface area contributed by atoms with Crippen LogP contribution in [0.3, 0.4) is 0 Å². The standard InChI is InChI=1S/C26H30O6/c1-15(2)24(26(25(28)29)13-6-14-26)32-22-19(10-12-21(30-3)23(22)31-4)16-7-5-8-18-17(16)9-11-20(18)27/h5,7-8,10,12,15,24H,6,9,11,13-14H2,1-4H3,(H,28,29)/i3D2. The summed E-state index contributed by atoms with van der Waals surface area (Å²) in [4.78, 5) is 24.7. The molecule has 1 fully saturated rings. The number of rotatable bonds is 8. The van der Waals surface area contributed by atoms with Gasteiger partial charge in [0.25, 0.3) is 0 Å². The summed E-state index contributed by atoms with van der Waals surface area (Å²) in [7, 11) is -0.134. The molecule has 0 aliphatic heterocycles. The fourth-order valence-corrected chi connectivity index (χ4v) is 5.09. The maximum absolute atomic E-state index is 12.4. The average molecular weight is 441 g/mol. The van der Waals surface area contributed by atoms with Gasteiger partial charge in [0, 0.05) is 17.5 Å². The van der Waals surface area contributed by atoms with Crippen molar-refractivity contribution >= 4 is 11.8 Å². The summed E-state index contributed by atoms with van der Waals surface area (Å²) in [6, 6.07) is 8.94. The van der Waals surface area contributed by atoms with Crippen LogP contribution < -0.4 is 14.2 Å². The Hall–Kier alpha value is -3.02. The van der Waals surface area contributed by atoms with E-state index in [1.54, 1.807) is 12.1 Å². The average Bonchev–Trinajstić information content (AvgIpc) is 3.13. The van der Waals surface area contributed by atoms with E-state index in [0.29, 0.717) is 42.6 Å². The molecule has 32 heavy (non-hydrogen) atoms. The molecule has 0 radical (unpaired) electrons. The predicted octanol–water partition coefficient (Wildman–Crippen LogP) is 5.16. The summed E-state index contributed by atoms with van der Waals surface area (Å²) in [6.07, 6.45) is 2.28. The van der Waals surface area contributed by atoms with Crippen LogP contribution in [0.5, 0.6) is 17.2 Å². The number of ether oxygens (including phenoxy) is 3. The second-order valence-corrected chi connectivity index (χ2v) is 8.94. The van der Waals surface area contributed by atoms with Crippen LogP contribution in [-0.2, 0) is 11.2 Å². The molecule has 0 bridgehead atoms. The van der Waals surface area contributed by atoms with Crippen LogP contribution in [0.2, 0.25) is 0 Å². The number of fused-ring (bicyclic) bond motifs is 1.